The Morgan fingerprint density at radius 2 is 1.67 bits per heavy atom. The molecule has 0 saturated carbocycles. The van der Waals surface area contributed by atoms with Crippen LogP contribution in [0.25, 0.3) is 22.0 Å². The van der Waals surface area contributed by atoms with Crippen LogP contribution < -0.4 is 5.56 Å². The van der Waals surface area contributed by atoms with E-state index in [1.54, 1.807) is 0 Å². The molecule has 104 valence electrons. The number of rotatable bonds is 1. The molecule has 0 fully saturated rings. The summed E-state index contributed by atoms with van der Waals surface area (Å²) in [5.74, 6) is 0. The van der Waals surface area contributed by atoms with Crippen molar-refractivity contribution in [3.8, 4) is 11.1 Å². The molecule has 0 radical (unpaired) electrons. The second-order valence-electron chi connectivity index (χ2n) is 5.65. The van der Waals surface area contributed by atoms with Crippen LogP contribution in [-0.4, -0.2) is 9.97 Å². The lowest BCUT2D eigenvalue weighted by molar-refractivity contribution is 0.686. The minimum absolute atomic E-state index is 0.0835. The Morgan fingerprint density at radius 3 is 2.57 bits per heavy atom. The van der Waals surface area contributed by atoms with Crippen molar-refractivity contribution in [2.24, 2.45) is 0 Å². The first-order chi connectivity index (χ1) is 10.3. The van der Waals surface area contributed by atoms with Gasteiger partial charge in [0.05, 0.1) is 17.2 Å². The molecule has 1 aliphatic rings. The number of aryl methyl sites for hydroxylation is 2. The van der Waals surface area contributed by atoms with Crippen molar-refractivity contribution in [1.82, 2.24) is 9.97 Å². The number of benzene rings is 2. The third-order valence-corrected chi connectivity index (χ3v) is 4.32. The monoisotopic (exact) mass is 276 g/mol. The summed E-state index contributed by atoms with van der Waals surface area (Å²) in [6, 6.07) is 12.6. The second kappa shape index (κ2) is 4.85. The Kier molecular flexibility index (Phi) is 2.85. The van der Waals surface area contributed by atoms with Gasteiger partial charge in [-0.2, -0.15) is 0 Å². The number of fused-ring (bicyclic) bond motifs is 2. The Labute approximate surface area is 122 Å². The lowest BCUT2D eigenvalue weighted by Gasteiger charge is -2.16. The van der Waals surface area contributed by atoms with Gasteiger partial charge in [0, 0.05) is 0 Å². The van der Waals surface area contributed by atoms with Gasteiger partial charge in [-0.25, -0.2) is 4.98 Å². The topological polar surface area (TPSA) is 45.8 Å². The zero-order valence-electron chi connectivity index (χ0n) is 11.7. The molecule has 0 saturated heterocycles. The summed E-state index contributed by atoms with van der Waals surface area (Å²) in [5, 5.41) is 0.646. The Hall–Kier alpha value is -2.42. The SMILES string of the molecule is O=c1[nH]cnc2ccc(-c3ccc4c(c3)CCCC4)cc12. The maximum Gasteiger partial charge on any atom is 0.258 e. The molecular formula is C18H16N2O. The van der Waals surface area contributed by atoms with E-state index in [9.17, 15) is 4.79 Å². The molecule has 4 rings (SSSR count). The number of hydrogen-bond acceptors (Lipinski definition) is 2. The summed E-state index contributed by atoms with van der Waals surface area (Å²) >= 11 is 0. The molecule has 0 aliphatic heterocycles. The van der Waals surface area contributed by atoms with Gasteiger partial charge < -0.3 is 4.98 Å². The number of nitrogens with zero attached hydrogens (tertiary/aromatic N) is 1. The normalized spacial score (nSPS) is 14.1. The van der Waals surface area contributed by atoms with Crippen LogP contribution in [0.2, 0.25) is 0 Å². The summed E-state index contributed by atoms with van der Waals surface area (Å²) in [7, 11) is 0. The van der Waals surface area contributed by atoms with Crippen molar-refractivity contribution in [2.45, 2.75) is 25.7 Å². The lowest BCUT2D eigenvalue weighted by Crippen LogP contribution is -2.06. The summed E-state index contributed by atoms with van der Waals surface area (Å²) in [4.78, 5) is 18.7. The fourth-order valence-electron chi connectivity index (χ4n) is 3.16. The van der Waals surface area contributed by atoms with Crippen LogP contribution in [0, 0.1) is 0 Å². The largest absolute Gasteiger partial charge is 0.313 e. The van der Waals surface area contributed by atoms with E-state index in [2.05, 4.69) is 28.2 Å². The highest BCUT2D eigenvalue weighted by molar-refractivity contribution is 5.83. The minimum Gasteiger partial charge on any atom is -0.313 e. The highest BCUT2D eigenvalue weighted by Crippen LogP contribution is 2.28. The Bertz CT molecular complexity index is 880. The third-order valence-electron chi connectivity index (χ3n) is 4.32. The lowest BCUT2D eigenvalue weighted by atomic mass is 9.89. The van der Waals surface area contributed by atoms with Gasteiger partial charge in [-0.15, -0.1) is 0 Å². The molecule has 3 heteroatoms. The van der Waals surface area contributed by atoms with Crippen LogP contribution in [0.5, 0.6) is 0 Å². The Morgan fingerprint density at radius 1 is 0.905 bits per heavy atom. The first-order valence-corrected chi connectivity index (χ1v) is 7.41. The van der Waals surface area contributed by atoms with Crippen molar-refractivity contribution in [3.63, 3.8) is 0 Å². The van der Waals surface area contributed by atoms with Crippen LogP contribution in [0.4, 0.5) is 0 Å². The standard InChI is InChI=1S/C18H16N2O/c21-18-16-10-15(7-8-17(16)19-11-20-18)14-6-5-12-3-1-2-4-13(12)9-14/h5-11H,1-4H2,(H,19,20,21). The molecule has 0 spiro atoms. The van der Waals surface area contributed by atoms with Crippen molar-refractivity contribution in [3.05, 3.63) is 64.2 Å². The summed E-state index contributed by atoms with van der Waals surface area (Å²) in [6.45, 7) is 0. The van der Waals surface area contributed by atoms with Gasteiger partial charge in [-0.05, 0) is 60.1 Å². The number of aromatic nitrogens is 2. The fraction of sp³-hybridized carbons (Fsp3) is 0.222. The van der Waals surface area contributed by atoms with E-state index >= 15 is 0 Å². The third kappa shape index (κ3) is 2.15. The molecular weight excluding hydrogens is 260 g/mol. The smallest absolute Gasteiger partial charge is 0.258 e. The van der Waals surface area contributed by atoms with E-state index in [1.807, 2.05) is 18.2 Å². The van der Waals surface area contributed by atoms with E-state index in [1.165, 1.54) is 48.7 Å². The summed E-state index contributed by atoms with van der Waals surface area (Å²) in [5.41, 5.74) is 5.85. The summed E-state index contributed by atoms with van der Waals surface area (Å²) in [6.07, 6.45) is 6.38. The molecule has 0 amide bonds. The molecule has 21 heavy (non-hydrogen) atoms. The van der Waals surface area contributed by atoms with Crippen molar-refractivity contribution in [2.75, 3.05) is 0 Å². The zero-order chi connectivity index (χ0) is 14.2. The zero-order valence-corrected chi connectivity index (χ0v) is 11.7. The van der Waals surface area contributed by atoms with Crippen LogP contribution in [0.3, 0.4) is 0 Å². The average molecular weight is 276 g/mol. The first-order valence-electron chi connectivity index (χ1n) is 7.41. The van der Waals surface area contributed by atoms with Gasteiger partial charge in [-0.3, -0.25) is 4.79 Å². The maximum absolute atomic E-state index is 11.9. The van der Waals surface area contributed by atoms with Crippen molar-refractivity contribution < 1.29 is 0 Å². The van der Waals surface area contributed by atoms with E-state index in [0.29, 0.717) is 5.39 Å². The highest BCUT2D eigenvalue weighted by Gasteiger charge is 2.10. The first kappa shape index (κ1) is 12.3. The second-order valence-corrected chi connectivity index (χ2v) is 5.65. The number of H-pyrrole nitrogens is 1. The molecule has 3 aromatic rings. The predicted molar refractivity (Wildman–Crippen MR) is 84.4 cm³/mol. The molecule has 0 unspecified atom stereocenters. The molecule has 0 atom stereocenters. The van der Waals surface area contributed by atoms with Gasteiger partial charge in [-0.1, -0.05) is 24.3 Å². The van der Waals surface area contributed by atoms with Crippen LogP contribution >= 0.6 is 0 Å². The van der Waals surface area contributed by atoms with Crippen molar-refractivity contribution >= 4 is 10.9 Å². The molecule has 1 N–H and O–H groups in total. The quantitative estimate of drug-likeness (QED) is 0.739. The van der Waals surface area contributed by atoms with E-state index < -0.39 is 0 Å². The van der Waals surface area contributed by atoms with E-state index in [0.717, 1.165) is 11.1 Å². The molecule has 0 bridgehead atoms. The van der Waals surface area contributed by atoms with Gasteiger partial charge in [0.2, 0.25) is 0 Å². The number of nitrogens with one attached hydrogen (secondary N) is 1. The number of hydrogen-bond donors (Lipinski definition) is 1. The van der Waals surface area contributed by atoms with Crippen LogP contribution in [0.1, 0.15) is 24.0 Å². The molecule has 1 aromatic heterocycles. The number of aromatic amines is 1. The van der Waals surface area contributed by atoms with Crippen molar-refractivity contribution in [1.29, 1.82) is 0 Å². The highest BCUT2D eigenvalue weighted by atomic mass is 16.1. The van der Waals surface area contributed by atoms with Gasteiger partial charge in [0.1, 0.15) is 0 Å². The Balaban J connectivity index is 1.86. The molecule has 1 heterocycles. The molecule has 2 aromatic carbocycles. The van der Waals surface area contributed by atoms with E-state index in [-0.39, 0.29) is 5.56 Å². The van der Waals surface area contributed by atoms with E-state index in [4.69, 9.17) is 0 Å². The average Bonchev–Trinajstić information content (AvgIpc) is 2.54. The maximum atomic E-state index is 11.9. The minimum atomic E-state index is -0.0835. The van der Waals surface area contributed by atoms with Crippen LogP contribution in [-0.2, 0) is 12.8 Å². The van der Waals surface area contributed by atoms with Gasteiger partial charge in [0.15, 0.2) is 0 Å². The molecule has 1 aliphatic carbocycles. The molecule has 3 nitrogen and oxygen atoms in total. The van der Waals surface area contributed by atoms with Gasteiger partial charge >= 0.3 is 0 Å². The fourth-order valence-corrected chi connectivity index (χ4v) is 3.16. The van der Waals surface area contributed by atoms with Crippen LogP contribution in [0.15, 0.2) is 47.5 Å². The predicted octanol–water partition coefficient (Wildman–Crippen LogP) is 3.47. The van der Waals surface area contributed by atoms with Gasteiger partial charge in [0.25, 0.3) is 5.56 Å². The summed E-state index contributed by atoms with van der Waals surface area (Å²) < 4.78 is 0.